The lowest BCUT2D eigenvalue weighted by Gasteiger charge is -2.18. The number of anilines is 1. The summed E-state index contributed by atoms with van der Waals surface area (Å²) in [6.07, 6.45) is 3.23. The Labute approximate surface area is 153 Å². The van der Waals surface area contributed by atoms with Gasteiger partial charge in [-0.3, -0.25) is 14.9 Å². The van der Waals surface area contributed by atoms with Gasteiger partial charge in [0.2, 0.25) is 5.91 Å². The Morgan fingerprint density at radius 2 is 2.25 bits per heavy atom. The van der Waals surface area contributed by atoms with Gasteiger partial charge in [0.15, 0.2) is 0 Å². The zero-order valence-electron chi connectivity index (χ0n) is 13.4. The number of carbonyl (C=O) groups is 1. The molecule has 8 nitrogen and oxygen atoms in total. The Hall–Kier alpha value is -1.64. The number of carbonyl (C=O) groups excluding carboxylic acids is 1. The lowest BCUT2D eigenvalue weighted by atomic mass is 10.2. The molecule has 2 unspecified atom stereocenters. The molecule has 2 heterocycles. The number of nitrogens with zero attached hydrogens (tertiary/aromatic N) is 3. The predicted molar refractivity (Wildman–Crippen MR) is 96.9 cm³/mol. The van der Waals surface area contributed by atoms with Crippen LogP contribution in [0.25, 0.3) is 0 Å². The molecule has 1 aliphatic heterocycles. The minimum atomic E-state index is -0.481. The minimum Gasteiger partial charge on any atom is -0.365 e. The molecule has 1 fully saturated rings. The maximum atomic E-state index is 12.0. The molecule has 2 atom stereocenters. The number of nitro groups is 1. The first-order valence-electron chi connectivity index (χ1n) is 7.36. The van der Waals surface area contributed by atoms with E-state index in [1.165, 1.54) is 12.3 Å². The quantitative estimate of drug-likeness (QED) is 0.576. The van der Waals surface area contributed by atoms with Gasteiger partial charge in [-0.25, -0.2) is 4.98 Å². The molecule has 0 radical (unpaired) electrons. The van der Waals surface area contributed by atoms with Gasteiger partial charge >= 0.3 is 0 Å². The number of halogens is 2. The summed E-state index contributed by atoms with van der Waals surface area (Å²) in [5.74, 6) is 0.707. The third kappa shape index (κ3) is 6.46. The van der Waals surface area contributed by atoms with Crippen LogP contribution in [0.4, 0.5) is 11.5 Å². The number of hydrogen-bond donors (Lipinski definition) is 2. The zero-order valence-corrected chi connectivity index (χ0v) is 15.0. The molecule has 136 valence electrons. The van der Waals surface area contributed by atoms with E-state index in [-0.39, 0.29) is 48.5 Å². The van der Waals surface area contributed by atoms with Crippen molar-refractivity contribution in [2.75, 3.05) is 18.4 Å². The fourth-order valence-corrected chi connectivity index (χ4v) is 2.40. The van der Waals surface area contributed by atoms with Crippen LogP contribution in [0, 0.1) is 10.1 Å². The van der Waals surface area contributed by atoms with Gasteiger partial charge in [0, 0.05) is 37.7 Å². The number of amides is 1. The van der Waals surface area contributed by atoms with Crippen molar-refractivity contribution in [2.45, 2.75) is 38.3 Å². The van der Waals surface area contributed by atoms with Crippen LogP contribution in [0.1, 0.15) is 26.2 Å². The third-order valence-electron chi connectivity index (χ3n) is 3.67. The van der Waals surface area contributed by atoms with Crippen molar-refractivity contribution < 1.29 is 9.72 Å². The summed E-state index contributed by atoms with van der Waals surface area (Å²) >= 11 is 0. The number of rotatable bonds is 6. The van der Waals surface area contributed by atoms with Crippen molar-refractivity contribution in [3.8, 4) is 0 Å². The molecule has 1 amide bonds. The van der Waals surface area contributed by atoms with Gasteiger partial charge in [-0.05, 0) is 25.8 Å². The van der Waals surface area contributed by atoms with Crippen LogP contribution in [0.15, 0.2) is 18.3 Å². The highest BCUT2D eigenvalue weighted by Crippen LogP contribution is 2.17. The van der Waals surface area contributed by atoms with Crippen LogP contribution in [0.2, 0.25) is 0 Å². The molecule has 10 heteroatoms. The molecule has 1 aliphatic rings. The summed E-state index contributed by atoms with van der Waals surface area (Å²) in [7, 11) is 0. The van der Waals surface area contributed by atoms with Gasteiger partial charge in [0.1, 0.15) is 12.0 Å². The molecule has 0 aromatic carbocycles. The second-order valence-corrected chi connectivity index (χ2v) is 5.64. The van der Waals surface area contributed by atoms with E-state index in [4.69, 9.17) is 5.73 Å². The molecular formula is C14H23Cl2N5O3. The first-order chi connectivity index (χ1) is 10.5. The standard InChI is InChI=1S/C14H21N5O3.2ClH/c1-10(15)2-5-14(20)18-7-6-11(9-18)17-13-4-3-12(8-16-13)19(21)22;;/h3-4,8,10-11H,2,5-7,9,15H2,1H3,(H,16,17);2*1H. The van der Waals surface area contributed by atoms with Gasteiger partial charge in [0.25, 0.3) is 5.69 Å². The van der Waals surface area contributed by atoms with E-state index < -0.39 is 4.92 Å². The van der Waals surface area contributed by atoms with Gasteiger partial charge in [-0.1, -0.05) is 0 Å². The van der Waals surface area contributed by atoms with Crippen molar-refractivity contribution in [3.05, 3.63) is 28.4 Å². The van der Waals surface area contributed by atoms with Gasteiger partial charge in [-0.15, -0.1) is 24.8 Å². The van der Waals surface area contributed by atoms with Crippen LogP contribution in [0.3, 0.4) is 0 Å². The van der Waals surface area contributed by atoms with Crippen molar-refractivity contribution in [1.29, 1.82) is 0 Å². The normalized spacial score (nSPS) is 17.4. The molecule has 0 spiro atoms. The maximum absolute atomic E-state index is 12.0. The number of pyridine rings is 1. The molecule has 1 aromatic rings. The molecular weight excluding hydrogens is 357 g/mol. The van der Waals surface area contributed by atoms with Crippen molar-refractivity contribution in [3.63, 3.8) is 0 Å². The Kier molecular flexibility index (Phi) is 9.57. The summed E-state index contributed by atoms with van der Waals surface area (Å²) in [5.41, 5.74) is 5.63. The summed E-state index contributed by atoms with van der Waals surface area (Å²) in [6, 6.07) is 3.15. The highest BCUT2D eigenvalue weighted by atomic mass is 35.5. The number of nitrogens with two attached hydrogens (primary N) is 1. The van der Waals surface area contributed by atoms with Crippen molar-refractivity contribution >= 4 is 42.2 Å². The number of nitrogens with one attached hydrogen (secondary N) is 1. The number of likely N-dealkylation sites (tertiary alicyclic amines) is 1. The Bertz CT molecular complexity index is 542. The highest BCUT2D eigenvalue weighted by Gasteiger charge is 2.26. The molecule has 24 heavy (non-hydrogen) atoms. The Morgan fingerprint density at radius 3 is 2.79 bits per heavy atom. The summed E-state index contributed by atoms with van der Waals surface area (Å²) in [4.78, 5) is 28.0. The van der Waals surface area contributed by atoms with Crippen LogP contribution in [-0.4, -0.2) is 45.9 Å². The Balaban J connectivity index is 0.00000264. The fraction of sp³-hybridized carbons (Fsp3) is 0.571. The van der Waals surface area contributed by atoms with Crippen LogP contribution >= 0.6 is 24.8 Å². The van der Waals surface area contributed by atoms with Crippen LogP contribution in [0.5, 0.6) is 0 Å². The van der Waals surface area contributed by atoms with Crippen LogP contribution in [-0.2, 0) is 4.79 Å². The summed E-state index contributed by atoms with van der Waals surface area (Å²) < 4.78 is 0. The third-order valence-corrected chi connectivity index (χ3v) is 3.67. The molecule has 0 aliphatic carbocycles. The van der Waals surface area contributed by atoms with E-state index >= 15 is 0 Å². The molecule has 2 rings (SSSR count). The van der Waals surface area contributed by atoms with Crippen molar-refractivity contribution in [2.24, 2.45) is 5.73 Å². The predicted octanol–water partition coefficient (Wildman–Crippen LogP) is 1.97. The molecule has 1 saturated heterocycles. The van der Waals surface area contributed by atoms with E-state index in [9.17, 15) is 14.9 Å². The van der Waals surface area contributed by atoms with Gasteiger partial charge in [0.05, 0.1) is 4.92 Å². The topological polar surface area (TPSA) is 114 Å². The van der Waals surface area contributed by atoms with E-state index in [0.29, 0.717) is 31.7 Å². The molecule has 1 aromatic heterocycles. The van der Waals surface area contributed by atoms with E-state index in [1.807, 2.05) is 11.8 Å². The van der Waals surface area contributed by atoms with Crippen LogP contribution < -0.4 is 11.1 Å². The smallest absolute Gasteiger partial charge is 0.287 e. The average Bonchev–Trinajstić information content (AvgIpc) is 2.94. The zero-order chi connectivity index (χ0) is 16.1. The van der Waals surface area contributed by atoms with E-state index in [1.54, 1.807) is 6.07 Å². The summed E-state index contributed by atoms with van der Waals surface area (Å²) in [5, 5.41) is 13.8. The fourth-order valence-electron chi connectivity index (χ4n) is 2.40. The Morgan fingerprint density at radius 1 is 1.54 bits per heavy atom. The SMILES string of the molecule is CC(N)CCC(=O)N1CCC(Nc2ccc([N+](=O)[O-])cn2)C1.Cl.Cl. The van der Waals surface area contributed by atoms with E-state index in [0.717, 1.165) is 6.42 Å². The summed E-state index contributed by atoms with van der Waals surface area (Å²) in [6.45, 7) is 3.22. The van der Waals surface area contributed by atoms with Gasteiger partial charge in [-0.2, -0.15) is 0 Å². The van der Waals surface area contributed by atoms with E-state index in [2.05, 4.69) is 10.3 Å². The second-order valence-electron chi connectivity index (χ2n) is 5.64. The highest BCUT2D eigenvalue weighted by molar-refractivity contribution is 5.85. The monoisotopic (exact) mass is 379 g/mol. The molecule has 0 bridgehead atoms. The molecule has 3 N–H and O–H groups in total. The lowest BCUT2D eigenvalue weighted by Crippen LogP contribution is -2.32. The second kappa shape index (κ2) is 10.3. The first kappa shape index (κ1) is 22.4. The minimum absolute atomic E-state index is 0. The molecule has 0 saturated carbocycles. The largest absolute Gasteiger partial charge is 0.365 e. The maximum Gasteiger partial charge on any atom is 0.287 e. The number of aromatic nitrogens is 1. The van der Waals surface area contributed by atoms with Crippen molar-refractivity contribution in [1.82, 2.24) is 9.88 Å². The van der Waals surface area contributed by atoms with Gasteiger partial charge < -0.3 is 16.0 Å². The first-order valence-corrected chi connectivity index (χ1v) is 7.36. The average molecular weight is 380 g/mol. The lowest BCUT2D eigenvalue weighted by molar-refractivity contribution is -0.385. The number of hydrogen-bond acceptors (Lipinski definition) is 6.